The van der Waals surface area contributed by atoms with Gasteiger partial charge >= 0.3 is 0 Å². The summed E-state index contributed by atoms with van der Waals surface area (Å²) >= 11 is 0. The van der Waals surface area contributed by atoms with Gasteiger partial charge in [0.15, 0.2) is 0 Å². The molecule has 0 aliphatic heterocycles. The fourth-order valence-electron chi connectivity index (χ4n) is 2.54. The summed E-state index contributed by atoms with van der Waals surface area (Å²) in [6.07, 6.45) is 5.50. The molecule has 4 nitrogen and oxygen atoms in total. The average Bonchev–Trinajstić information content (AvgIpc) is 2.64. The molecular formula is C12H21N3O. The standard InChI is InChI=1S/C12H21N3O/c1-9-4-3-5-11(6-9)7-13-8-12-15-14-10(2)16-12/h9,11,13H,3-8H2,1-2H3. The molecule has 0 spiro atoms. The molecule has 90 valence electrons. The fraction of sp³-hybridized carbons (Fsp3) is 0.833. The molecule has 0 bridgehead atoms. The second-order valence-corrected chi connectivity index (χ2v) is 4.98. The van der Waals surface area contributed by atoms with Crippen LogP contribution in [0.1, 0.15) is 44.4 Å². The van der Waals surface area contributed by atoms with Crippen molar-refractivity contribution in [3.8, 4) is 0 Å². The molecule has 2 atom stereocenters. The van der Waals surface area contributed by atoms with Crippen molar-refractivity contribution in [1.82, 2.24) is 15.5 Å². The first-order chi connectivity index (χ1) is 7.74. The Morgan fingerprint density at radius 3 is 2.94 bits per heavy atom. The minimum Gasteiger partial charge on any atom is -0.424 e. The van der Waals surface area contributed by atoms with Gasteiger partial charge in [-0.15, -0.1) is 10.2 Å². The lowest BCUT2D eigenvalue weighted by Gasteiger charge is -2.26. The molecule has 1 heterocycles. The zero-order valence-corrected chi connectivity index (χ0v) is 10.2. The maximum Gasteiger partial charge on any atom is 0.230 e. The Kier molecular flexibility index (Phi) is 3.93. The maximum atomic E-state index is 5.31. The van der Waals surface area contributed by atoms with Gasteiger partial charge in [0, 0.05) is 6.92 Å². The predicted molar refractivity (Wildman–Crippen MR) is 61.9 cm³/mol. The molecule has 2 unspecified atom stereocenters. The largest absolute Gasteiger partial charge is 0.424 e. The second kappa shape index (κ2) is 5.43. The van der Waals surface area contributed by atoms with Gasteiger partial charge in [-0.05, 0) is 31.2 Å². The summed E-state index contributed by atoms with van der Waals surface area (Å²) < 4.78 is 5.31. The minimum atomic E-state index is 0.642. The van der Waals surface area contributed by atoms with Crippen molar-refractivity contribution in [2.45, 2.75) is 46.1 Å². The van der Waals surface area contributed by atoms with E-state index in [1.807, 2.05) is 6.92 Å². The molecule has 1 aromatic rings. The smallest absolute Gasteiger partial charge is 0.230 e. The molecule has 4 heteroatoms. The third kappa shape index (κ3) is 3.30. The van der Waals surface area contributed by atoms with E-state index in [4.69, 9.17) is 4.42 Å². The van der Waals surface area contributed by atoms with E-state index in [2.05, 4.69) is 22.4 Å². The van der Waals surface area contributed by atoms with E-state index in [0.29, 0.717) is 18.3 Å². The Bertz CT molecular complexity index is 324. The van der Waals surface area contributed by atoms with Gasteiger partial charge in [-0.1, -0.05) is 19.8 Å². The quantitative estimate of drug-likeness (QED) is 0.851. The van der Waals surface area contributed by atoms with Crippen molar-refractivity contribution < 1.29 is 4.42 Å². The van der Waals surface area contributed by atoms with E-state index in [-0.39, 0.29) is 0 Å². The van der Waals surface area contributed by atoms with Crippen LogP contribution in [0.4, 0.5) is 0 Å². The zero-order valence-electron chi connectivity index (χ0n) is 10.2. The van der Waals surface area contributed by atoms with Crippen molar-refractivity contribution in [3.05, 3.63) is 11.8 Å². The molecule has 0 aromatic carbocycles. The van der Waals surface area contributed by atoms with Gasteiger partial charge in [0.25, 0.3) is 0 Å². The lowest BCUT2D eigenvalue weighted by Crippen LogP contribution is -2.26. The van der Waals surface area contributed by atoms with Gasteiger partial charge in [-0.3, -0.25) is 0 Å². The van der Waals surface area contributed by atoms with Crippen molar-refractivity contribution in [1.29, 1.82) is 0 Å². The SMILES string of the molecule is Cc1nnc(CNCC2CCCC(C)C2)o1. The lowest BCUT2D eigenvalue weighted by molar-refractivity contribution is 0.271. The van der Waals surface area contributed by atoms with Crippen LogP contribution in [0.25, 0.3) is 0 Å². The highest BCUT2D eigenvalue weighted by molar-refractivity contribution is 4.79. The number of rotatable bonds is 4. The Morgan fingerprint density at radius 1 is 1.38 bits per heavy atom. The van der Waals surface area contributed by atoms with Gasteiger partial charge in [0.1, 0.15) is 0 Å². The predicted octanol–water partition coefficient (Wildman–Crippen LogP) is 2.29. The summed E-state index contributed by atoms with van der Waals surface area (Å²) in [4.78, 5) is 0. The lowest BCUT2D eigenvalue weighted by atomic mass is 9.82. The molecular weight excluding hydrogens is 202 g/mol. The van der Waals surface area contributed by atoms with E-state index in [1.54, 1.807) is 0 Å². The first kappa shape index (κ1) is 11.6. The van der Waals surface area contributed by atoms with Crippen LogP contribution < -0.4 is 5.32 Å². The van der Waals surface area contributed by atoms with E-state index in [9.17, 15) is 0 Å². The Balaban J connectivity index is 1.67. The third-order valence-corrected chi connectivity index (χ3v) is 3.32. The van der Waals surface area contributed by atoms with E-state index < -0.39 is 0 Å². The van der Waals surface area contributed by atoms with E-state index in [1.165, 1.54) is 25.7 Å². The van der Waals surface area contributed by atoms with Gasteiger partial charge in [-0.25, -0.2) is 0 Å². The maximum absolute atomic E-state index is 5.31. The van der Waals surface area contributed by atoms with Gasteiger partial charge < -0.3 is 9.73 Å². The highest BCUT2D eigenvalue weighted by Gasteiger charge is 2.18. The molecule has 1 fully saturated rings. The molecule has 1 N–H and O–H groups in total. The summed E-state index contributed by atoms with van der Waals surface area (Å²) in [5, 5.41) is 11.2. The number of nitrogens with zero attached hydrogens (tertiary/aromatic N) is 2. The van der Waals surface area contributed by atoms with Crippen LogP contribution in [0.15, 0.2) is 4.42 Å². The Hall–Kier alpha value is -0.900. The summed E-state index contributed by atoms with van der Waals surface area (Å²) in [5.41, 5.74) is 0. The van der Waals surface area contributed by atoms with Crippen molar-refractivity contribution >= 4 is 0 Å². The van der Waals surface area contributed by atoms with Crippen LogP contribution in [-0.4, -0.2) is 16.7 Å². The first-order valence-corrected chi connectivity index (χ1v) is 6.23. The molecule has 16 heavy (non-hydrogen) atoms. The van der Waals surface area contributed by atoms with Gasteiger partial charge in [0.2, 0.25) is 11.8 Å². The van der Waals surface area contributed by atoms with Crippen LogP contribution in [0, 0.1) is 18.8 Å². The normalized spacial score (nSPS) is 25.9. The third-order valence-electron chi connectivity index (χ3n) is 3.32. The molecule has 2 rings (SSSR count). The molecule has 1 aliphatic carbocycles. The summed E-state index contributed by atoms with van der Waals surface area (Å²) in [6, 6.07) is 0. The monoisotopic (exact) mass is 223 g/mol. The van der Waals surface area contributed by atoms with Crippen LogP contribution in [0.3, 0.4) is 0 Å². The van der Waals surface area contributed by atoms with Crippen molar-refractivity contribution in [2.24, 2.45) is 11.8 Å². The Morgan fingerprint density at radius 2 is 2.25 bits per heavy atom. The minimum absolute atomic E-state index is 0.642. The topological polar surface area (TPSA) is 51.0 Å². The number of hydrogen-bond donors (Lipinski definition) is 1. The van der Waals surface area contributed by atoms with Crippen LogP contribution >= 0.6 is 0 Å². The molecule has 0 saturated heterocycles. The van der Waals surface area contributed by atoms with Gasteiger partial charge in [0.05, 0.1) is 6.54 Å². The molecule has 1 saturated carbocycles. The van der Waals surface area contributed by atoms with Crippen molar-refractivity contribution in [3.63, 3.8) is 0 Å². The number of aryl methyl sites for hydroxylation is 1. The second-order valence-electron chi connectivity index (χ2n) is 4.98. The highest BCUT2D eigenvalue weighted by Crippen LogP contribution is 2.27. The number of nitrogens with one attached hydrogen (secondary N) is 1. The molecule has 1 aliphatic rings. The molecule has 1 aromatic heterocycles. The zero-order chi connectivity index (χ0) is 11.4. The van der Waals surface area contributed by atoms with Gasteiger partial charge in [-0.2, -0.15) is 0 Å². The summed E-state index contributed by atoms with van der Waals surface area (Å²) in [6.45, 7) is 5.95. The van der Waals surface area contributed by atoms with E-state index >= 15 is 0 Å². The average molecular weight is 223 g/mol. The number of aromatic nitrogens is 2. The summed E-state index contributed by atoms with van der Waals surface area (Å²) in [5.74, 6) is 3.06. The van der Waals surface area contributed by atoms with Crippen LogP contribution in [-0.2, 0) is 6.54 Å². The molecule has 0 amide bonds. The summed E-state index contributed by atoms with van der Waals surface area (Å²) in [7, 11) is 0. The Labute approximate surface area is 96.8 Å². The van der Waals surface area contributed by atoms with E-state index in [0.717, 1.165) is 18.4 Å². The van der Waals surface area contributed by atoms with Crippen molar-refractivity contribution in [2.75, 3.05) is 6.54 Å². The fourth-order valence-corrected chi connectivity index (χ4v) is 2.54. The molecule has 0 radical (unpaired) electrons. The van der Waals surface area contributed by atoms with Crippen LogP contribution in [0.5, 0.6) is 0 Å². The first-order valence-electron chi connectivity index (χ1n) is 6.23. The van der Waals surface area contributed by atoms with Crippen LogP contribution in [0.2, 0.25) is 0 Å². The number of hydrogen-bond acceptors (Lipinski definition) is 4. The highest BCUT2D eigenvalue weighted by atomic mass is 16.4.